The lowest BCUT2D eigenvalue weighted by atomic mass is 9.60. The summed E-state index contributed by atoms with van der Waals surface area (Å²) in [6.45, 7) is 1.64. The maximum atomic E-state index is 15.6. The van der Waals surface area contributed by atoms with Gasteiger partial charge in [0.15, 0.2) is 6.29 Å². The first-order chi connectivity index (χ1) is 16.6. The van der Waals surface area contributed by atoms with Crippen molar-refractivity contribution in [1.29, 1.82) is 0 Å². The number of halogens is 1. The number of hydrogen-bond donors (Lipinski definition) is 0. The SMILES string of the molecule is COc1ccc2c(c1)CCC1(CCCC1)C2c1ccc(N2CCC(C(OC)OC)CC2)c(F)c1. The van der Waals surface area contributed by atoms with Gasteiger partial charge < -0.3 is 19.1 Å². The van der Waals surface area contributed by atoms with Gasteiger partial charge in [-0.1, -0.05) is 25.0 Å². The summed E-state index contributed by atoms with van der Waals surface area (Å²) in [6, 6.07) is 12.5. The van der Waals surface area contributed by atoms with Crippen LogP contribution in [0.1, 0.15) is 67.6 Å². The van der Waals surface area contributed by atoms with Crippen molar-refractivity contribution in [2.45, 2.75) is 63.6 Å². The van der Waals surface area contributed by atoms with E-state index >= 15 is 4.39 Å². The highest BCUT2D eigenvalue weighted by Crippen LogP contribution is 2.58. The monoisotopic (exact) mass is 467 g/mol. The van der Waals surface area contributed by atoms with Gasteiger partial charge in [0.2, 0.25) is 0 Å². The van der Waals surface area contributed by atoms with Crippen molar-refractivity contribution in [3.63, 3.8) is 0 Å². The smallest absolute Gasteiger partial charge is 0.159 e. The van der Waals surface area contributed by atoms with Gasteiger partial charge in [-0.2, -0.15) is 0 Å². The van der Waals surface area contributed by atoms with E-state index in [2.05, 4.69) is 29.2 Å². The number of nitrogens with zero attached hydrogens (tertiary/aromatic N) is 1. The summed E-state index contributed by atoms with van der Waals surface area (Å²) in [6.07, 6.45) is 8.99. The Labute approximate surface area is 203 Å². The quantitative estimate of drug-likeness (QED) is 0.466. The van der Waals surface area contributed by atoms with E-state index in [1.165, 1.54) is 43.2 Å². The van der Waals surface area contributed by atoms with Crippen LogP contribution in [-0.4, -0.2) is 40.7 Å². The predicted octanol–water partition coefficient (Wildman–Crippen LogP) is 6.31. The first kappa shape index (κ1) is 23.6. The lowest BCUT2D eigenvalue weighted by Crippen LogP contribution is -2.39. The predicted molar refractivity (Wildman–Crippen MR) is 133 cm³/mol. The Morgan fingerprint density at radius 2 is 1.68 bits per heavy atom. The molecule has 0 amide bonds. The molecule has 1 saturated carbocycles. The summed E-state index contributed by atoms with van der Waals surface area (Å²) in [5.41, 5.74) is 4.83. The van der Waals surface area contributed by atoms with Crippen molar-refractivity contribution in [2.24, 2.45) is 11.3 Å². The maximum absolute atomic E-state index is 15.6. The van der Waals surface area contributed by atoms with E-state index in [0.29, 0.717) is 5.92 Å². The zero-order valence-electron chi connectivity index (χ0n) is 20.8. The second kappa shape index (κ2) is 9.87. The number of piperidine rings is 1. The number of fused-ring (bicyclic) bond motifs is 1. The molecule has 0 aromatic heterocycles. The van der Waals surface area contributed by atoms with Crippen LogP contribution in [0.25, 0.3) is 0 Å². The number of hydrogen-bond acceptors (Lipinski definition) is 4. The molecule has 3 aliphatic rings. The minimum atomic E-state index is -0.179. The largest absolute Gasteiger partial charge is 0.497 e. The first-order valence-corrected chi connectivity index (χ1v) is 12.9. The molecule has 1 heterocycles. The van der Waals surface area contributed by atoms with Gasteiger partial charge in [0, 0.05) is 39.1 Å². The lowest BCUT2D eigenvalue weighted by Gasteiger charge is -2.43. The van der Waals surface area contributed by atoms with E-state index in [0.717, 1.165) is 49.4 Å². The highest BCUT2D eigenvalue weighted by molar-refractivity contribution is 5.53. The minimum absolute atomic E-state index is 0.0974. The minimum Gasteiger partial charge on any atom is -0.497 e. The van der Waals surface area contributed by atoms with Crippen LogP contribution >= 0.6 is 0 Å². The zero-order chi connectivity index (χ0) is 23.7. The van der Waals surface area contributed by atoms with Gasteiger partial charge in [-0.25, -0.2) is 4.39 Å². The molecule has 34 heavy (non-hydrogen) atoms. The second-order valence-corrected chi connectivity index (χ2v) is 10.4. The second-order valence-electron chi connectivity index (χ2n) is 10.4. The molecule has 2 aromatic rings. The van der Waals surface area contributed by atoms with Crippen molar-refractivity contribution in [2.75, 3.05) is 39.3 Å². The Morgan fingerprint density at radius 3 is 2.32 bits per heavy atom. The van der Waals surface area contributed by atoms with E-state index in [-0.39, 0.29) is 23.4 Å². The van der Waals surface area contributed by atoms with Gasteiger partial charge in [-0.15, -0.1) is 0 Å². The van der Waals surface area contributed by atoms with E-state index < -0.39 is 0 Å². The third-order valence-corrected chi connectivity index (χ3v) is 8.80. The fourth-order valence-electron chi connectivity index (χ4n) is 7.07. The molecule has 2 aliphatic carbocycles. The molecule has 0 radical (unpaired) electrons. The fraction of sp³-hybridized carbons (Fsp3) is 0.586. The maximum Gasteiger partial charge on any atom is 0.159 e. The molecule has 1 spiro atoms. The van der Waals surface area contributed by atoms with Crippen LogP contribution < -0.4 is 9.64 Å². The van der Waals surface area contributed by atoms with Crippen molar-refractivity contribution in [3.8, 4) is 5.75 Å². The number of anilines is 1. The lowest BCUT2D eigenvalue weighted by molar-refractivity contribution is -0.141. The first-order valence-electron chi connectivity index (χ1n) is 12.9. The molecular weight excluding hydrogens is 429 g/mol. The number of ether oxygens (including phenoxy) is 3. The van der Waals surface area contributed by atoms with E-state index in [1.54, 1.807) is 21.3 Å². The highest BCUT2D eigenvalue weighted by atomic mass is 19.1. The summed E-state index contributed by atoms with van der Waals surface area (Å²) >= 11 is 0. The topological polar surface area (TPSA) is 30.9 Å². The molecule has 4 nitrogen and oxygen atoms in total. The Bertz CT molecular complexity index is 991. The number of aryl methyl sites for hydroxylation is 1. The van der Waals surface area contributed by atoms with Crippen LogP contribution in [-0.2, 0) is 15.9 Å². The molecule has 1 saturated heterocycles. The molecule has 5 heteroatoms. The Balaban J connectivity index is 1.42. The molecule has 5 rings (SSSR count). The number of rotatable bonds is 6. The highest BCUT2D eigenvalue weighted by Gasteiger charge is 2.45. The Hall–Kier alpha value is -2.11. The van der Waals surface area contributed by atoms with Crippen LogP contribution in [0.4, 0.5) is 10.1 Å². The standard InChI is InChI=1S/C29H38FNO3/c1-32-23-7-8-24-21(18-23)10-15-29(13-4-5-14-29)27(24)22-6-9-26(25(30)19-22)31-16-11-20(12-17-31)28(33-2)34-3/h6-9,18-20,27-28H,4-5,10-17H2,1-3H3. The van der Waals surface area contributed by atoms with E-state index in [1.807, 2.05) is 12.1 Å². The molecule has 0 N–H and O–H groups in total. The summed E-state index contributed by atoms with van der Waals surface area (Å²) in [5.74, 6) is 1.42. The van der Waals surface area contributed by atoms with Gasteiger partial charge in [-0.05, 0) is 84.9 Å². The van der Waals surface area contributed by atoms with Gasteiger partial charge in [0.25, 0.3) is 0 Å². The molecule has 0 bridgehead atoms. The van der Waals surface area contributed by atoms with Gasteiger partial charge in [-0.3, -0.25) is 0 Å². The third-order valence-electron chi connectivity index (χ3n) is 8.80. The summed E-state index contributed by atoms with van der Waals surface area (Å²) in [5, 5.41) is 0. The molecule has 2 aromatic carbocycles. The molecule has 1 atom stereocenters. The molecule has 184 valence electrons. The van der Waals surface area contributed by atoms with Crippen LogP contribution in [0.15, 0.2) is 36.4 Å². The van der Waals surface area contributed by atoms with Crippen molar-refractivity contribution >= 4 is 5.69 Å². The molecule has 1 aliphatic heterocycles. The zero-order valence-corrected chi connectivity index (χ0v) is 20.8. The molecular formula is C29H38FNO3. The Morgan fingerprint density at radius 1 is 0.941 bits per heavy atom. The summed E-state index contributed by atoms with van der Waals surface area (Å²) in [4.78, 5) is 2.18. The normalized spacial score (nSPS) is 22.4. The van der Waals surface area contributed by atoms with Gasteiger partial charge >= 0.3 is 0 Å². The average Bonchev–Trinajstić information content (AvgIpc) is 3.33. The summed E-state index contributed by atoms with van der Waals surface area (Å²) < 4.78 is 32.0. The third kappa shape index (κ3) is 4.22. The summed E-state index contributed by atoms with van der Waals surface area (Å²) in [7, 11) is 5.10. The van der Waals surface area contributed by atoms with Crippen LogP contribution in [0.3, 0.4) is 0 Å². The average molecular weight is 468 g/mol. The van der Waals surface area contributed by atoms with Crippen LogP contribution in [0, 0.1) is 17.2 Å². The van der Waals surface area contributed by atoms with Gasteiger partial charge in [0.1, 0.15) is 11.6 Å². The van der Waals surface area contributed by atoms with E-state index in [4.69, 9.17) is 14.2 Å². The van der Waals surface area contributed by atoms with E-state index in [9.17, 15) is 0 Å². The van der Waals surface area contributed by atoms with Gasteiger partial charge in [0.05, 0.1) is 12.8 Å². The van der Waals surface area contributed by atoms with Crippen molar-refractivity contribution < 1.29 is 18.6 Å². The van der Waals surface area contributed by atoms with Crippen molar-refractivity contribution in [3.05, 3.63) is 58.9 Å². The fourth-order valence-corrected chi connectivity index (χ4v) is 7.07. The number of benzene rings is 2. The van der Waals surface area contributed by atoms with Crippen LogP contribution in [0.2, 0.25) is 0 Å². The van der Waals surface area contributed by atoms with Crippen LogP contribution in [0.5, 0.6) is 5.75 Å². The molecule has 1 unspecified atom stereocenters. The van der Waals surface area contributed by atoms with Crippen molar-refractivity contribution in [1.82, 2.24) is 0 Å². The number of methoxy groups -OCH3 is 3. The molecule has 2 fully saturated rings. The Kier molecular flexibility index (Phi) is 6.85.